The highest BCUT2D eigenvalue weighted by molar-refractivity contribution is 5.80. The number of hydrazine groups is 1. The van der Waals surface area contributed by atoms with Crippen LogP contribution in [-0.2, 0) is 9.47 Å². The maximum atomic E-state index is 5.57. The number of aromatic nitrogens is 2. The fourth-order valence-corrected chi connectivity index (χ4v) is 5.50. The van der Waals surface area contributed by atoms with Crippen LogP contribution in [0.2, 0.25) is 0 Å². The average molecular weight is 543 g/mol. The van der Waals surface area contributed by atoms with Gasteiger partial charge in [-0.3, -0.25) is 10.3 Å². The third-order valence-corrected chi connectivity index (χ3v) is 7.70. The minimum atomic E-state index is 0.283. The van der Waals surface area contributed by atoms with Crippen molar-refractivity contribution in [2.45, 2.75) is 19.4 Å². The molecule has 0 radical (unpaired) electrons. The van der Waals surface area contributed by atoms with Gasteiger partial charge in [-0.25, -0.2) is 15.4 Å². The Morgan fingerprint density at radius 2 is 1.80 bits per heavy atom. The van der Waals surface area contributed by atoms with Crippen molar-refractivity contribution in [1.29, 1.82) is 0 Å². The molecule has 2 fully saturated rings. The lowest BCUT2D eigenvalue weighted by Gasteiger charge is -2.28. The van der Waals surface area contributed by atoms with Gasteiger partial charge in [0.15, 0.2) is 11.6 Å². The summed E-state index contributed by atoms with van der Waals surface area (Å²) in [4.78, 5) is 14.6. The van der Waals surface area contributed by atoms with Gasteiger partial charge in [-0.1, -0.05) is 42.0 Å². The number of hydrazone groups is 1. The van der Waals surface area contributed by atoms with E-state index in [9.17, 15) is 0 Å². The van der Waals surface area contributed by atoms with Crippen molar-refractivity contribution in [1.82, 2.24) is 20.3 Å². The summed E-state index contributed by atoms with van der Waals surface area (Å²) in [5, 5.41) is 6.60. The topological polar surface area (TPSA) is 90.4 Å². The van der Waals surface area contributed by atoms with Crippen LogP contribution in [0.4, 0.5) is 17.3 Å². The fraction of sp³-hybridized carbons (Fsp3) is 0.433. The summed E-state index contributed by atoms with van der Waals surface area (Å²) < 4.78 is 11.1. The third-order valence-electron chi connectivity index (χ3n) is 7.70. The molecule has 4 heterocycles. The summed E-state index contributed by atoms with van der Waals surface area (Å²) in [6.07, 6.45) is 2.86. The molecular formula is C30H38N8O2. The first-order chi connectivity index (χ1) is 19.6. The number of nitrogens with zero attached hydrogens (tertiary/aromatic N) is 6. The Balaban J connectivity index is 1.24. The summed E-state index contributed by atoms with van der Waals surface area (Å²) in [7, 11) is 2.08. The lowest BCUT2D eigenvalue weighted by Crippen LogP contribution is -2.38. The Kier molecular flexibility index (Phi) is 8.19. The summed E-state index contributed by atoms with van der Waals surface area (Å²) in [6, 6.07) is 17.0. The summed E-state index contributed by atoms with van der Waals surface area (Å²) in [5.74, 6) is 2.20. The van der Waals surface area contributed by atoms with Gasteiger partial charge in [-0.2, -0.15) is 5.10 Å². The van der Waals surface area contributed by atoms with Crippen LogP contribution < -0.4 is 20.8 Å². The Labute approximate surface area is 236 Å². The van der Waals surface area contributed by atoms with Crippen LogP contribution in [0.3, 0.4) is 0 Å². The molecule has 2 N–H and O–H groups in total. The van der Waals surface area contributed by atoms with Gasteiger partial charge in [-0.15, -0.1) is 0 Å². The fourth-order valence-electron chi connectivity index (χ4n) is 5.50. The minimum Gasteiger partial charge on any atom is -0.379 e. The molecule has 1 aromatic heterocycles. The van der Waals surface area contributed by atoms with E-state index in [4.69, 9.17) is 19.4 Å². The number of benzene rings is 2. The molecule has 2 saturated heterocycles. The molecule has 0 aliphatic carbocycles. The second kappa shape index (κ2) is 12.3. The zero-order valence-corrected chi connectivity index (χ0v) is 23.3. The van der Waals surface area contributed by atoms with Gasteiger partial charge >= 0.3 is 0 Å². The van der Waals surface area contributed by atoms with E-state index in [2.05, 4.69) is 75.1 Å². The number of morpholine rings is 2. The maximum Gasteiger partial charge on any atom is 0.164 e. The van der Waals surface area contributed by atoms with Crippen LogP contribution in [0.1, 0.15) is 29.2 Å². The second-order valence-electron chi connectivity index (χ2n) is 10.6. The molecule has 10 heteroatoms. The quantitative estimate of drug-likeness (QED) is 0.328. The standard InChI is InChI=1S/C30H38N8O2/c1-22-4-3-5-23(18-22)21-31-34-28-20-29(38-12-16-40-17-13-38)33-30(32-28)24-6-7-25-26(35-36(2)27(25)19-24)8-9-37-10-14-39-15-11-37/h3-7,18-21,26,35H,8-17H2,1-2H3,(H,32,33,34)/b31-21+. The van der Waals surface area contributed by atoms with E-state index in [0.717, 1.165) is 75.0 Å². The SMILES string of the molecule is Cc1cccc(/C=N/Nc2cc(N3CCOCC3)nc(-c3ccc4c(c3)N(C)NC4CCN3CCOCC3)n2)c1. The molecule has 0 amide bonds. The predicted octanol–water partition coefficient (Wildman–Crippen LogP) is 3.45. The van der Waals surface area contributed by atoms with Crippen LogP contribution in [0.25, 0.3) is 11.4 Å². The highest BCUT2D eigenvalue weighted by Crippen LogP contribution is 2.37. The van der Waals surface area contributed by atoms with Crippen LogP contribution in [0.15, 0.2) is 53.6 Å². The number of ether oxygens (including phenoxy) is 2. The van der Waals surface area contributed by atoms with Crippen molar-refractivity contribution >= 4 is 23.5 Å². The first-order valence-electron chi connectivity index (χ1n) is 14.1. The van der Waals surface area contributed by atoms with Crippen molar-refractivity contribution in [3.63, 3.8) is 0 Å². The Hall–Kier alpha value is -3.57. The molecular weight excluding hydrogens is 504 g/mol. The largest absolute Gasteiger partial charge is 0.379 e. The molecule has 0 saturated carbocycles. The molecule has 1 unspecified atom stereocenters. The summed E-state index contributed by atoms with van der Waals surface area (Å²) in [6.45, 7) is 9.78. The molecule has 2 aromatic carbocycles. The summed E-state index contributed by atoms with van der Waals surface area (Å²) in [5.41, 5.74) is 12.5. The predicted molar refractivity (Wildman–Crippen MR) is 159 cm³/mol. The maximum absolute atomic E-state index is 5.57. The van der Waals surface area contributed by atoms with Crippen molar-refractivity contribution < 1.29 is 9.47 Å². The number of aryl methyl sites for hydroxylation is 1. The number of hydrogen-bond donors (Lipinski definition) is 2. The Morgan fingerprint density at radius 3 is 2.60 bits per heavy atom. The molecule has 6 rings (SSSR count). The van der Waals surface area contributed by atoms with Crippen molar-refractivity contribution in [3.8, 4) is 11.4 Å². The number of hydrogen-bond acceptors (Lipinski definition) is 10. The molecule has 1 atom stereocenters. The van der Waals surface area contributed by atoms with Gasteiger partial charge in [0, 0.05) is 51.4 Å². The molecule has 3 aliphatic rings. The smallest absolute Gasteiger partial charge is 0.164 e. The number of rotatable bonds is 8. The first kappa shape index (κ1) is 26.6. The third kappa shape index (κ3) is 6.26. The zero-order valence-electron chi connectivity index (χ0n) is 23.3. The van der Waals surface area contributed by atoms with Crippen LogP contribution in [-0.4, -0.2) is 87.3 Å². The number of anilines is 3. The molecule has 0 spiro atoms. The van der Waals surface area contributed by atoms with Gasteiger partial charge in [0.1, 0.15) is 5.82 Å². The Morgan fingerprint density at radius 1 is 1.00 bits per heavy atom. The lowest BCUT2D eigenvalue weighted by atomic mass is 10.0. The molecule has 210 valence electrons. The van der Waals surface area contributed by atoms with E-state index in [1.54, 1.807) is 0 Å². The molecule has 40 heavy (non-hydrogen) atoms. The van der Waals surface area contributed by atoms with Crippen LogP contribution in [0.5, 0.6) is 0 Å². The van der Waals surface area contributed by atoms with E-state index in [1.165, 1.54) is 11.1 Å². The second-order valence-corrected chi connectivity index (χ2v) is 10.6. The van der Waals surface area contributed by atoms with Crippen LogP contribution >= 0.6 is 0 Å². The van der Waals surface area contributed by atoms with E-state index < -0.39 is 0 Å². The molecule has 0 bridgehead atoms. The number of fused-ring (bicyclic) bond motifs is 1. The van der Waals surface area contributed by atoms with E-state index in [-0.39, 0.29) is 6.04 Å². The average Bonchev–Trinajstić information content (AvgIpc) is 3.31. The lowest BCUT2D eigenvalue weighted by molar-refractivity contribution is 0.0362. The van der Waals surface area contributed by atoms with Gasteiger partial charge in [0.25, 0.3) is 0 Å². The molecule has 3 aromatic rings. The number of nitrogens with one attached hydrogen (secondary N) is 2. The van der Waals surface area contributed by atoms with Gasteiger partial charge < -0.3 is 19.4 Å². The van der Waals surface area contributed by atoms with E-state index in [0.29, 0.717) is 24.9 Å². The highest BCUT2D eigenvalue weighted by atomic mass is 16.5. The van der Waals surface area contributed by atoms with Gasteiger partial charge in [-0.05, 0) is 30.5 Å². The van der Waals surface area contributed by atoms with Crippen molar-refractivity contribution in [2.24, 2.45) is 5.10 Å². The van der Waals surface area contributed by atoms with Crippen molar-refractivity contribution in [2.75, 3.05) is 81.5 Å². The first-order valence-corrected chi connectivity index (χ1v) is 14.1. The highest BCUT2D eigenvalue weighted by Gasteiger charge is 2.27. The van der Waals surface area contributed by atoms with E-state index >= 15 is 0 Å². The molecule has 10 nitrogen and oxygen atoms in total. The minimum absolute atomic E-state index is 0.283. The normalized spacial score (nSPS) is 19.8. The van der Waals surface area contributed by atoms with Crippen LogP contribution in [0, 0.1) is 6.92 Å². The molecule has 3 aliphatic heterocycles. The Bertz CT molecular complexity index is 1340. The zero-order chi connectivity index (χ0) is 27.3. The van der Waals surface area contributed by atoms with Crippen molar-refractivity contribution in [3.05, 3.63) is 65.2 Å². The van der Waals surface area contributed by atoms with Gasteiger partial charge in [0.2, 0.25) is 0 Å². The van der Waals surface area contributed by atoms with E-state index in [1.807, 2.05) is 24.4 Å². The summed E-state index contributed by atoms with van der Waals surface area (Å²) >= 11 is 0. The van der Waals surface area contributed by atoms with Gasteiger partial charge in [0.05, 0.1) is 44.4 Å². The monoisotopic (exact) mass is 542 g/mol.